The topological polar surface area (TPSA) is 98.7 Å². The molecule has 0 aromatic heterocycles. The Kier molecular flexibility index (Phi) is 7.35. The first-order chi connectivity index (χ1) is 17.7. The lowest BCUT2D eigenvalue weighted by molar-refractivity contribution is -0.141. The number of hydrogen-bond donors (Lipinski definition) is 3. The van der Waals surface area contributed by atoms with Crippen LogP contribution in [0, 0.1) is 18.8 Å². The van der Waals surface area contributed by atoms with Gasteiger partial charge in [-0.3, -0.25) is 14.4 Å². The van der Waals surface area contributed by atoms with E-state index >= 15 is 0 Å². The fourth-order valence-electron chi connectivity index (χ4n) is 6.11. The predicted octanol–water partition coefficient (Wildman–Crippen LogP) is 3.75. The van der Waals surface area contributed by atoms with Gasteiger partial charge in [-0.15, -0.1) is 11.8 Å². The van der Waals surface area contributed by atoms with Gasteiger partial charge in [-0.25, -0.2) is 0 Å². The molecule has 196 valence electrons. The van der Waals surface area contributed by atoms with E-state index in [1.807, 2.05) is 49.4 Å². The van der Waals surface area contributed by atoms with E-state index in [1.165, 1.54) is 4.90 Å². The standard InChI is InChI=1S/C27H29BrClN3O4S/c1-14-7-6-10-18(29)21(14)31-25(35)23-27-11-17(28)22(37-27)19(20(27)26(36)32(23)15(2)13-33)24(34)30-12-16-8-4-3-5-9-16/h3-10,15,17,19-20,22-23,33H,11-13H2,1-2H3,(H,30,34)(H,31,35)/t15-,17?,19-,20+,22-,23?,27?/m1/s1. The van der Waals surface area contributed by atoms with Gasteiger partial charge >= 0.3 is 0 Å². The molecule has 3 aliphatic rings. The van der Waals surface area contributed by atoms with Gasteiger partial charge in [0.1, 0.15) is 6.04 Å². The average molecular weight is 607 g/mol. The summed E-state index contributed by atoms with van der Waals surface area (Å²) in [6.07, 6.45) is 0.565. The molecule has 2 aromatic rings. The van der Waals surface area contributed by atoms with Gasteiger partial charge in [-0.05, 0) is 37.5 Å². The number of benzene rings is 2. The number of likely N-dealkylation sites (tertiary alicyclic amines) is 1. The van der Waals surface area contributed by atoms with Crippen molar-refractivity contribution in [2.24, 2.45) is 11.8 Å². The lowest BCUT2D eigenvalue weighted by Gasteiger charge is -2.36. The van der Waals surface area contributed by atoms with Gasteiger partial charge in [0.05, 0.1) is 39.9 Å². The highest BCUT2D eigenvalue weighted by atomic mass is 79.9. The molecule has 3 unspecified atom stereocenters. The maximum Gasteiger partial charge on any atom is 0.248 e. The van der Waals surface area contributed by atoms with Crippen LogP contribution in [0.3, 0.4) is 0 Å². The Morgan fingerprint density at radius 2 is 1.95 bits per heavy atom. The Bertz CT molecular complexity index is 1210. The van der Waals surface area contributed by atoms with Gasteiger partial charge in [-0.1, -0.05) is 70.0 Å². The number of amides is 3. The number of para-hydroxylation sites is 1. The third-order valence-electron chi connectivity index (χ3n) is 7.80. The number of rotatable bonds is 7. The van der Waals surface area contributed by atoms with E-state index in [2.05, 4.69) is 26.6 Å². The smallest absolute Gasteiger partial charge is 0.248 e. The molecule has 10 heteroatoms. The zero-order chi connectivity index (χ0) is 26.5. The summed E-state index contributed by atoms with van der Waals surface area (Å²) in [6, 6.07) is 13.5. The third kappa shape index (κ3) is 4.37. The van der Waals surface area contributed by atoms with Gasteiger partial charge in [0.2, 0.25) is 17.7 Å². The van der Waals surface area contributed by atoms with Crippen molar-refractivity contribution in [2.45, 2.75) is 53.7 Å². The quantitative estimate of drug-likeness (QED) is 0.417. The van der Waals surface area contributed by atoms with Crippen molar-refractivity contribution < 1.29 is 19.5 Å². The molecule has 37 heavy (non-hydrogen) atoms. The Labute approximate surface area is 233 Å². The van der Waals surface area contributed by atoms with Crippen LogP contribution in [0.15, 0.2) is 48.5 Å². The summed E-state index contributed by atoms with van der Waals surface area (Å²) in [5, 5.41) is 16.3. The predicted molar refractivity (Wildman–Crippen MR) is 149 cm³/mol. The van der Waals surface area contributed by atoms with E-state index < -0.39 is 28.7 Å². The molecule has 2 aromatic carbocycles. The summed E-state index contributed by atoms with van der Waals surface area (Å²) in [7, 11) is 0. The second-order valence-electron chi connectivity index (χ2n) is 10.1. The van der Waals surface area contributed by atoms with Crippen LogP contribution in [0.4, 0.5) is 5.69 Å². The van der Waals surface area contributed by atoms with Crippen LogP contribution in [-0.2, 0) is 20.9 Å². The van der Waals surface area contributed by atoms with Crippen molar-refractivity contribution in [1.29, 1.82) is 0 Å². The molecule has 7 nitrogen and oxygen atoms in total. The number of anilines is 1. The average Bonchev–Trinajstić information content (AvgIpc) is 3.48. The molecule has 3 N–H and O–H groups in total. The van der Waals surface area contributed by atoms with E-state index in [0.717, 1.165) is 11.1 Å². The first-order valence-corrected chi connectivity index (χ1v) is 14.5. The van der Waals surface area contributed by atoms with Crippen molar-refractivity contribution in [3.8, 4) is 0 Å². The number of alkyl halides is 1. The number of aryl methyl sites for hydroxylation is 1. The lowest BCUT2D eigenvalue weighted by atomic mass is 9.70. The highest BCUT2D eigenvalue weighted by Gasteiger charge is 2.76. The molecule has 3 aliphatic heterocycles. The van der Waals surface area contributed by atoms with Crippen LogP contribution in [0.1, 0.15) is 24.5 Å². The summed E-state index contributed by atoms with van der Waals surface area (Å²) in [6.45, 7) is 3.65. The van der Waals surface area contributed by atoms with E-state index in [4.69, 9.17) is 11.6 Å². The zero-order valence-electron chi connectivity index (χ0n) is 20.5. The minimum absolute atomic E-state index is 0.0317. The zero-order valence-corrected chi connectivity index (χ0v) is 23.6. The van der Waals surface area contributed by atoms with E-state index in [1.54, 1.807) is 24.8 Å². The number of halogens is 2. The van der Waals surface area contributed by atoms with Crippen LogP contribution in [0.25, 0.3) is 0 Å². The van der Waals surface area contributed by atoms with Crippen LogP contribution in [0.5, 0.6) is 0 Å². The maximum absolute atomic E-state index is 14.0. The molecule has 2 bridgehead atoms. The largest absolute Gasteiger partial charge is 0.394 e. The molecule has 0 radical (unpaired) electrons. The summed E-state index contributed by atoms with van der Waals surface area (Å²) < 4.78 is -0.798. The number of carbonyl (C=O) groups is 3. The Hall–Kier alpha value is -2.07. The van der Waals surface area contributed by atoms with Gasteiger partial charge in [0.25, 0.3) is 0 Å². The molecule has 3 saturated heterocycles. The van der Waals surface area contributed by atoms with Crippen LogP contribution in [-0.4, -0.2) is 61.2 Å². The minimum Gasteiger partial charge on any atom is -0.394 e. The Morgan fingerprint density at radius 1 is 1.22 bits per heavy atom. The molecule has 0 aliphatic carbocycles. The van der Waals surface area contributed by atoms with Gasteiger partial charge in [0.15, 0.2) is 0 Å². The summed E-state index contributed by atoms with van der Waals surface area (Å²) in [5.74, 6) is -2.06. The molecule has 7 atom stereocenters. The second kappa shape index (κ2) is 10.2. The minimum atomic E-state index is -0.857. The number of hydrogen-bond acceptors (Lipinski definition) is 5. The molecular weight excluding hydrogens is 578 g/mol. The second-order valence-corrected chi connectivity index (χ2v) is 13.2. The highest BCUT2D eigenvalue weighted by Crippen LogP contribution is 2.68. The van der Waals surface area contributed by atoms with Gasteiger partial charge in [-0.2, -0.15) is 0 Å². The molecule has 1 spiro atoms. The van der Waals surface area contributed by atoms with E-state index in [0.29, 0.717) is 23.7 Å². The molecule has 3 fully saturated rings. The van der Waals surface area contributed by atoms with Crippen molar-refractivity contribution >= 4 is 62.7 Å². The Morgan fingerprint density at radius 3 is 2.62 bits per heavy atom. The van der Waals surface area contributed by atoms with Crippen LogP contribution >= 0.6 is 39.3 Å². The molecule has 5 rings (SSSR count). The first-order valence-electron chi connectivity index (χ1n) is 12.3. The summed E-state index contributed by atoms with van der Waals surface area (Å²) >= 11 is 11.7. The SMILES string of the molecule is Cc1cccc(Cl)c1NC(=O)C1N([C@H](C)CO)C(=O)[C@@H]2[C@@H](C(=O)NCc3ccccc3)[C@@H]3SC12CC3Br. The fraction of sp³-hybridized carbons (Fsp3) is 0.444. The summed E-state index contributed by atoms with van der Waals surface area (Å²) in [5.41, 5.74) is 2.28. The van der Waals surface area contributed by atoms with Crippen molar-refractivity contribution in [3.05, 3.63) is 64.7 Å². The normalized spacial score (nSPS) is 30.8. The van der Waals surface area contributed by atoms with Crippen molar-refractivity contribution in [2.75, 3.05) is 11.9 Å². The Balaban J connectivity index is 1.48. The molecule has 3 heterocycles. The number of carbonyl (C=O) groups excluding carboxylic acids is 3. The van der Waals surface area contributed by atoms with Gasteiger partial charge in [0, 0.05) is 16.6 Å². The molecule has 0 saturated carbocycles. The van der Waals surface area contributed by atoms with Crippen molar-refractivity contribution in [1.82, 2.24) is 10.2 Å². The highest BCUT2D eigenvalue weighted by molar-refractivity contribution is 9.09. The van der Waals surface area contributed by atoms with Gasteiger partial charge < -0.3 is 20.6 Å². The monoisotopic (exact) mass is 605 g/mol. The van der Waals surface area contributed by atoms with E-state index in [9.17, 15) is 19.5 Å². The van der Waals surface area contributed by atoms with E-state index in [-0.39, 0.29) is 34.4 Å². The number of aliphatic hydroxyl groups excluding tert-OH is 1. The van der Waals surface area contributed by atoms with Crippen LogP contribution in [0.2, 0.25) is 5.02 Å². The number of aliphatic hydroxyl groups is 1. The number of thioether (sulfide) groups is 1. The molecule has 3 amide bonds. The number of fused-ring (bicyclic) bond motifs is 1. The maximum atomic E-state index is 14.0. The van der Waals surface area contributed by atoms with Crippen molar-refractivity contribution in [3.63, 3.8) is 0 Å². The van der Waals surface area contributed by atoms with Crippen LogP contribution < -0.4 is 10.6 Å². The lowest BCUT2D eigenvalue weighted by Crippen LogP contribution is -2.55. The first kappa shape index (κ1) is 26.5. The third-order valence-corrected chi connectivity index (χ3v) is 11.3. The molecular formula is C27H29BrClN3O4S. The number of nitrogens with one attached hydrogen (secondary N) is 2. The fourth-order valence-corrected chi connectivity index (χ4v) is 9.98. The number of nitrogens with zero attached hydrogens (tertiary/aromatic N) is 1. The summed E-state index contributed by atoms with van der Waals surface area (Å²) in [4.78, 5) is 42.9.